The minimum absolute atomic E-state index is 0.151. The highest BCUT2D eigenvalue weighted by Gasteiger charge is 2.57. The summed E-state index contributed by atoms with van der Waals surface area (Å²) in [4.78, 5) is 25.1. The molecule has 0 aliphatic carbocycles. The quantitative estimate of drug-likeness (QED) is 0.137. The zero-order valence-electron chi connectivity index (χ0n) is 51.5. The van der Waals surface area contributed by atoms with Gasteiger partial charge in [-0.2, -0.15) is 45.3 Å². The highest BCUT2D eigenvalue weighted by atomic mass is 16.5. The van der Waals surface area contributed by atoms with E-state index < -0.39 is 66.5 Å². The van der Waals surface area contributed by atoms with Crippen LogP contribution in [0, 0.1) is 0 Å². The standard InChI is InChI=1S/C57H108N12O6/c1-46(2)25-37(26-47(3,4)64(46)70)61(38-27-48(5,6)65(71)49(7,8)28-38)43-58-44(62(39-29-50(9,10)66(72)51(11,12)30-39)40-31-52(13,14)67(73)53(15,16)32-40)60-45(59-43)63(41-33-54(17,18)68(74)55(19,20)34-41)42-35-56(21,22)69(75)57(23,24)36-42/h37-42,70-75H,25-36H2,1-24H3. The van der Waals surface area contributed by atoms with Crippen molar-refractivity contribution in [1.29, 1.82) is 0 Å². The Hall–Kier alpha value is -2.07. The van der Waals surface area contributed by atoms with Gasteiger partial charge in [0, 0.05) is 103 Å². The van der Waals surface area contributed by atoms with Crippen molar-refractivity contribution < 1.29 is 31.2 Å². The summed E-state index contributed by atoms with van der Waals surface area (Å²) in [6, 6.07) is -0.904. The molecule has 6 aliphatic rings. The first-order valence-electron chi connectivity index (χ1n) is 28.6. The van der Waals surface area contributed by atoms with Crippen molar-refractivity contribution in [3.8, 4) is 0 Å². The lowest BCUT2D eigenvalue weighted by Crippen LogP contribution is -2.68. The van der Waals surface area contributed by atoms with Gasteiger partial charge in [-0.3, -0.25) is 0 Å². The van der Waals surface area contributed by atoms with Crippen molar-refractivity contribution in [1.82, 2.24) is 45.3 Å². The lowest BCUT2D eigenvalue weighted by molar-refractivity contribution is -0.251. The molecule has 0 aromatic carbocycles. The molecule has 18 nitrogen and oxygen atoms in total. The van der Waals surface area contributed by atoms with Gasteiger partial charge in [0.25, 0.3) is 0 Å². The Bertz CT molecular complexity index is 1760. The van der Waals surface area contributed by atoms with Gasteiger partial charge in [0.1, 0.15) is 0 Å². The van der Waals surface area contributed by atoms with E-state index in [2.05, 4.69) is 181 Å². The molecule has 6 aliphatic heterocycles. The van der Waals surface area contributed by atoms with E-state index in [0.29, 0.717) is 94.9 Å². The normalized spacial score (nSPS) is 30.8. The first-order chi connectivity index (χ1) is 33.5. The Morgan fingerprint density at radius 1 is 0.240 bits per heavy atom. The summed E-state index contributed by atoms with van der Waals surface area (Å²) >= 11 is 0. The Morgan fingerprint density at radius 2 is 0.333 bits per heavy atom. The maximum absolute atomic E-state index is 11.9. The number of piperidine rings is 6. The predicted molar refractivity (Wildman–Crippen MR) is 296 cm³/mol. The number of hydrogen-bond donors (Lipinski definition) is 6. The van der Waals surface area contributed by atoms with Gasteiger partial charge in [0.2, 0.25) is 17.8 Å². The number of aromatic nitrogens is 3. The van der Waals surface area contributed by atoms with E-state index in [9.17, 15) is 31.2 Å². The number of nitrogens with zero attached hydrogens (tertiary/aromatic N) is 12. The highest BCUT2D eigenvalue weighted by molar-refractivity contribution is 5.52. The monoisotopic (exact) mass is 1060 g/mol. The second-order valence-corrected chi connectivity index (χ2v) is 32.4. The average Bonchev–Trinajstić information content (AvgIpc) is 3.20. The molecule has 0 radical (unpaired) electrons. The van der Waals surface area contributed by atoms with Crippen LogP contribution in [0.3, 0.4) is 0 Å². The number of hydrogen-bond acceptors (Lipinski definition) is 18. The minimum Gasteiger partial charge on any atom is -0.334 e. The van der Waals surface area contributed by atoms with Crippen molar-refractivity contribution in [2.45, 2.75) is 346 Å². The fourth-order valence-electron chi connectivity index (χ4n) is 17.1. The number of rotatable bonds is 9. The summed E-state index contributed by atoms with van der Waals surface area (Å²) < 4.78 is 0. The van der Waals surface area contributed by atoms with Crippen LogP contribution in [0.4, 0.5) is 17.8 Å². The molecule has 0 amide bonds. The summed E-state index contributed by atoms with van der Waals surface area (Å²) in [5, 5.41) is 80.7. The molecule has 6 saturated heterocycles. The van der Waals surface area contributed by atoms with E-state index in [0.717, 1.165) is 0 Å². The zero-order chi connectivity index (χ0) is 57.0. The third-order valence-corrected chi connectivity index (χ3v) is 19.4. The van der Waals surface area contributed by atoms with Crippen LogP contribution in [0.25, 0.3) is 0 Å². The first kappa shape index (κ1) is 60.6. The Balaban J connectivity index is 1.60. The number of anilines is 3. The SMILES string of the molecule is CC1(C)CC(N(c2nc(N(C3CC(C)(C)N(O)C(C)(C)C3)C3CC(C)(C)N(O)C(C)(C)C3)nc(N(C3CC(C)(C)N(O)C(C)(C)C3)C3CC(C)(C)N(O)C(C)(C)C3)n2)C2CC(C)(C)N(O)C(C)(C)C2)CC(C)(C)N1O. The van der Waals surface area contributed by atoms with Crippen molar-refractivity contribution >= 4 is 17.8 Å². The van der Waals surface area contributed by atoms with Crippen LogP contribution in [0.2, 0.25) is 0 Å². The minimum atomic E-state index is -0.625. The van der Waals surface area contributed by atoms with Gasteiger partial charge in [-0.15, -0.1) is 0 Å². The van der Waals surface area contributed by atoms with E-state index in [4.69, 9.17) is 15.0 Å². The lowest BCUT2D eigenvalue weighted by Gasteiger charge is -2.59. The maximum Gasteiger partial charge on any atom is 0.232 e. The summed E-state index contributed by atoms with van der Waals surface area (Å²) in [6.45, 7) is 50.6. The van der Waals surface area contributed by atoms with Crippen molar-refractivity contribution in [2.24, 2.45) is 0 Å². The predicted octanol–water partition coefficient (Wildman–Crippen LogP) is 10.8. The summed E-state index contributed by atoms with van der Waals surface area (Å²) in [7, 11) is 0. The fourth-order valence-corrected chi connectivity index (χ4v) is 17.1. The van der Waals surface area contributed by atoms with Gasteiger partial charge in [-0.05, 0) is 243 Å². The molecule has 18 heteroatoms. The van der Waals surface area contributed by atoms with Gasteiger partial charge in [-0.1, -0.05) is 0 Å². The van der Waals surface area contributed by atoms with Gasteiger partial charge in [0.15, 0.2) is 0 Å². The van der Waals surface area contributed by atoms with Crippen LogP contribution in [0.5, 0.6) is 0 Å². The highest BCUT2D eigenvalue weighted by Crippen LogP contribution is 2.51. The summed E-state index contributed by atoms with van der Waals surface area (Å²) in [5.41, 5.74) is -7.50. The third-order valence-electron chi connectivity index (χ3n) is 19.4. The molecule has 0 saturated carbocycles. The van der Waals surface area contributed by atoms with Crippen LogP contribution in [-0.4, -0.2) is 179 Å². The van der Waals surface area contributed by atoms with Crippen LogP contribution in [-0.2, 0) is 0 Å². The Labute approximate surface area is 453 Å². The lowest BCUT2D eigenvalue weighted by atomic mass is 9.74. The van der Waals surface area contributed by atoms with E-state index in [1.807, 2.05) is 0 Å². The molecular formula is C57H108N12O6. The molecule has 1 aromatic rings. The van der Waals surface area contributed by atoms with E-state index >= 15 is 0 Å². The molecule has 0 spiro atoms. The molecular weight excluding hydrogens is 949 g/mol. The van der Waals surface area contributed by atoms with E-state index in [1.165, 1.54) is 30.4 Å². The largest absolute Gasteiger partial charge is 0.334 e. The third kappa shape index (κ3) is 11.1. The smallest absolute Gasteiger partial charge is 0.232 e. The molecule has 7 heterocycles. The molecule has 75 heavy (non-hydrogen) atoms. The molecule has 0 bridgehead atoms. The zero-order valence-corrected chi connectivity index (χ0v) is 51.5. The van der Waals surface area contributed by atoms with Gasteiger partial charge >= 0.3 is 0 Å². The molecule has 0 atom stereocenters. The average molecular weight is 1060 g/mol. The molecule has 7 rings (SSSR count). The fraction of sp³-hybridized carbons (Fsp3) is 0.947. The van der Waals surface area contributed by atoms with Gasteiger partial charge in [-0.25, -0.2) is 0 Å². The van der Waals surface area contributed by atoms with Crippen molar-refractivity contribution in [2.75, 3.05) is 14.7 Å². The van der Waals surface area contributed by atoms with Crippen LogP contribution in [0.15, 0.2) is 0 Å². The van der Waals surface area contributed by atoms with E-state index in [1.54, 1.807) is 0 Å². The van der Waals surface area contributed by atoms with Crippen LogP contribution in [0.1, 0.15) is 243 Å². The van der Waals surface area contributed by atoms with Crippen molar-refractivity contribution in [3.05, 3.63) is 0 Å². The topological polar surface area (TPSA) is 189 Å². The van der Waals surface area contributed by atoms with Crippen LogP contribution < -0.4 is 14.7 Å². The Morgan fingerprint density at radius 3 is 0.427 bits per heavy atom. The molecule has 6 fully saturated rings. The van der Waals surface area contributed by atoms with Crippen molar-refractivity contribution in [3.63, 3.8) is 0 Å². The second-order valence-electron chi connectivity index (χ2n) is 32.4. The van der Waals surface area contributed by atoms with Gasteiger partial charge in [0.05, 0.1) is 0 Å². The number of hydroxylamine groups is 12. The molecule has 432 valence electrons. The molecule has 1 aromatic heterocycles. The summed E-state index contributed by atoms with van der Waals surface area (Å²) in [5.74, 6) is 1.63. The van der Waals surface area contributed by atoms with Gasteiger partial charge < -0.3 is 45.9 Å². The first-order valence-corrected chi connectivity index (χ1v) is 28.6. The summed E-state index contributed by atoms with van der Waals surface area (Å²) in [6.07, 6.45) is 7.34. The molecule has 6 N–H and O–H groups in total. The Kier molecular flexibility index (Phi) is 15.1. The molecule has 0 unspecified atom stereocenters. The van der Waals surface area contributed by atoms with Crippen LogP contribution >= 0.6 is 0 Å². The van der Waals surface area contributed by atoms with E-state index in [-0.39, 0.29) is 36.3 Å². The second kappa shape index (κ2) is 18.7. The maximum atomic E-state index is 11.9.